The fourth-order valence-corrected chi connectivity index (χ4v) is 1.96. The standard InChI is InChI=1S/C7H7ClN2S/c8-5-2-4-11-7(5)6(10)1-3-9/h2,4,6H,1,10H2/t6-/m1/s1. The average molecular weight is 187 g/mol. The van der Waals surface area contributed by atoms with Crippen LogP contribution in [0.2, 0.25) is 5.02 Å². The lowest BCUT2D eigenvalue weighted by atomic mass is 10.2. The Hall–Kier alpha value is -0.560. The minimum absolute atomic E-state index is 0.229. The first kappa shape index (κ1) is 8.54. The van der Waals surface area contributed by atoms with E-state index in [0.717, 1.165) is 4.88 Å². The van der Waals surface area contributed by atoms with Crippen molar-refractivity contribution in [3.8, 4) is 6.07 Å². The SMILES string of the molecule is N#CC[C@@H](N)c1sccc1Cl. The molecule has 1 atom stereocenters. The van der Waals surface area contributed by atoms with Crippen LogP contribution in [-0.2, 0) is 0 Å². The fraction of sp³-hybridized carbons (Fsp3) is 0.286. The second-order valence-electron chi connectivity index (χ2n) is 2.10. The van der Waals surface area contributed by atoms with Crippen LogP contribution >= 0.6 is 22.9 Å². The molecule has 2 N–H and O–H groups in total. The quantitative estimate of drug-likeness (QED) is 0.771. The number of hydrogen-bond donors (Lipinski definition) is 1. The van der Waals surface area contributed by atoms with E-state index in [9.17, 15) is 0 Å². The summed E-state index contributed by atoms with van der Waals surface area (Å²) in [5.74, 6) is 0. The largest absolute Gasteiger partial charge is 0.322 e. The molecular weight excluding hydrogens is 180 g/mol. The zero-order chi connectivity index (χ0) is 8.27. The Kier molecular flexibility index (Phi) is 2.89. The molecule has 11 heavy (non-hydrogen) atoms. The average Bonchev–Trinajstić information content (AvgIpc) is 2.36. The molecule has 0 aliphatic heterocycles. The van der Waals surface area contributed by atoms with Gasteiger partial charge in [-0.05, 0) is 11.4 Å². The van der Waals surface area contributed by atoms with Crippen molar-refractivity contribution in [3.05, 3.63) is 21.3 Å². The fourth-order valence-electron chi connectivity index (χ4n) is 0.761. The maximum Gasteiger partial charge on any atom is 0.0642 e. The first-order valence-corrected chi connectivity index (χ1v) is 4.37. The summed E-state index contributed by atoms with van der Waals surface area (Å²) in [4.78, 5) is 0.896. The normalized spacial score (nSPS) is 12.5. The lowest BCUT2D eigenvalue weighted by molar-refractivity contribution is 0.765. The molecule has 4 heteroatoms. The van der Waals surface area contributed by atoms with Crippen molar-refractivity contribution in [3.63, 3.8) is 0 Å². The van der Waals surface area contributed by atoms with E-state index in [0.29, 0.717) is 11.4 Å². The molecule has 1 aromatic rings. The second-order valence-corrected chi connectivity index (χ2v) is 3.46. The van der Waals surface area contributed by atoms with Crippen LogP contribution in [-0.4, -0.2) is 0 Å². The number of thiophene rings is 1. The van der Waals surface area contributed by atoms with Crippen molar-refractivity contribution in [1.29, 1.82) is 5.26 Å². The maximum absolute atomic E-state index is 8.36. The Labute approximate surface area is 74.2 Å². The van der Waals surface area contributed by atoms with Crippen molar-refractivity contribution in [2.75, 3.05) is 0 Å². The van der Waals surface area contributed by atoms with Crippen LogP contribution in [0.5, 0.6) is 0 Å². The van der Waals surface area contributed by atoms with Gasteiger partial charge in [0.1, 0.15) is 0 Å². The Bertz CT molecular complexity index is 276. The zero-order valence-corrected chi connectivity index (χ0v) is 7.32. The van der Waals surface area contributed by atoms with Crippen LogP contribution in [0.1, 0.15) is 17.3 Å². The summed E-state index contributed by atoms with van der Waals surface area (Å²) in [6.07, 6.45) is 0.320. The molecule has 1 rings (SSSR count). The first-order valence-electron chi connectivity index (χ1n) is 3.11. The van der Waals surface area contributed by atoms with Crippen LogP contribution in [0.25, 0.3) is 0 Å². The summed E-state index contributed by atoms with van der Waals surface area (Å²) in [5, 5.41) is 10.9. The van der Waals surface area contributed by atoms with E-state index in [4.69, 9.17) is 22.6 Å². The maximum atomic E-state index is 8.36. The Morgan fingerprint density at radius 2 is 2.55 bits per heavy atom. The Morgan fingerprint density at radius 1 is 1.82 bits per heavy atom. The van der Waals surface area contributed by atoms with Gasteiger partial charge in [0, 0.05) is 4.88 Å². The summed E-state index contributed by atoms with van der Waals surface area (Å²) in [5.41, 5.74) is 5.65. The molecule has 2 nitrogen and oxygen atoms in total. The molecule has 0 saturated carbocycles. The zero-order valence-electron chi connectivity index (χ0n) is 5.75. The van der Waals surface area contributed by atoms with Gasteiger partial charge in [-0.1, -0.05) is 11.6 Å². The molecule has 0 aromatic carbocycles. The summed E-state index contributed by atoms with van der Waals surface area (Å²) in [7, 11) is 0. The number of nitrogens with zero attached hydrogens (tertiary/aromatic N) is 1. The highest BCUT2D eigenvalue weighted by atomic mass is 35.5. The topological polar surface area (TPSA) is 49.8 Å². The van der Waals surface area contributed by atoms with Gasteiger partial charge in [0.15, 0.2) is 0 Å². The molecule has 0 fully saturated rings. The number of rotatable bonds is 2. The van der Waals surface area contributed by atoms with Gasteiger partial charge in [0.25, 0.3) is 0 Å². The second kappa shape index (κ2) is 3.72. The van der Waals surface area contributed by atoms with Crippen molar-refractivity contribution >= 4 is 22.9 Å². The number of nitriles is 1. The van der Waals surface area contributed by atoms with Gasteiger partial charge < -0.3 is 5.73 Å². The molecule has 1 aromatic heterocycles. The minimum atomic E-state index is -0.229. The third-order valence-corrected chi connectivity index (χ3v) is 2.78. The summed E-state index contributed by atoms with van der Waals surface area (Å²) >= 11 is 7.28. The van der Waals surface area contributed by atoms with Crippen molar-refractivity contribution < 1.29 is 0 Å². The van der Waals surface area contributed by atoms with Crippen molar-refractivity contribution in [2.24, 2.45) is 5.73 Å². The minimum Gasteiger partial charge on any atom is -0.322 e. The predicted molar refractivity (Wildman–Crippen MR) is 46.5 cm³/mol. The molecule has 1 heterocycles. The summed E-state index contributed by atoms with van der Waals surface area (Å²) < 4.78 is 0. The number of halogens is 1. The lowest BCUT2D eigenvalue weighted by Crippen LogP contribution is -2.07. The van der Waals surface area contributed by atoms with Crippen LogP contribution < -0.4 is 5.73 Å². The molecule has 0 aliphatic carbocycles. The van der Waals surface area contributed by atoms with Gasteiger partial charge >= 0.3 is 0 Å². The highest BCUT2D eigenvalue weighted by molar-refractivity contribution is 7.10. The highest BCUT2D eigenvalue weighted by Gasteiger charge is 2.10. The molecule has 0 aliphatic rings. The van der Waals surface area contributed by atoms with E-state index in [2.05, 4.69) is 0 Å². The van der Waals surface area contributed by atoms with Gasteiger partial charge in [-0.3, -0.25) is 0 Å². The van der Waals surface area contributed by atoms with Crippen LogP contribution in [0, 0.1) is 11.3 Å². The molecule has 0 amide bonds. The molecule has 0 unspecified atom stereocenters. The Balaban J connectivity index is 2.77. The highest BCUT2D eigenvalue weighted by Crippen LogP contribution is 2.28. The number of hydrogen-bond acceptors (Lipinski definition) is 3. The third-order valence-electron chi connectivity index (χ3n) is 1.29. The lowest BCUT2D eigenvalue weighted by Gasteiger charge is -2.03. The van der Waals surface area contributed by atoms with Crippen LogP contribution in [0.3, 0.4) is 0 Å². The van der Waals surface area contributed by atoms with Gasteiger partial charge in [0.05, 0.1) is 23.6 Å². The monoisotopic (exact) mass is 186 g/mol. The molecular formula is C7H7ClN2S. The van der Waals surface area contributed by atoms with Crippen LogP contribution in [0.15, 0.2) is 11.4 Å². The predicted octanol–water partition coefficient (Wildman–Crippen LogP) is 2.31. The molecule has 0 radical (unpaired) electrons. The van der Waals surface area contributed by atoms with E-state index in [1.165, 1.54) is 11.3 Å². The molecule has 0 bridgehead atoms. The first-order chi connectivity index (χ1) is 5.25. The number of nitrogens with two attached hydrogens (primary N) is 1. The smallest absolute Gasteiger partial charge is 0.0642 e. The molecule has 0 spiro atoms. The van der Waals surface area contributed by atoms with E-state index in [-0.39, 0.29) is 6.04 Å². The summed E-state index contributed by atoms with van der Waals surface area (Å²) in [6.45, 7) is 0. The van der Waals surface area contributed by atoms with Gasteiger partial charge in [-0.15, -0.1) is 11.3 Å². The van der Waals surface area contributed by atoms with Gasteiger partial charge in [-0.2, -0.15) is 5.26 Å². The summed E-state index contributed by atoms with van der Waals surface area (Å²) in [6, 6.07) is 3.57. The van der Waals surface area contributed by atoms with Crippen LogP contribution in [0.4, 0.5) is 0 Å². The third kappa shape index (κ3) is 1.93. The van der Waals surface area contributed by atoms with E-state index < -0.39 is 0 Å². The van der Waals surface area contributed by atoms with Crippen molar-refractivity contribution in [1.82, 2.24) is 0 Å². The van der Waals surface area contributed by atoms with Gasteiger partial charge in [0.2, 0.25) is 0 Å². The van der Waals surface area contributed by atoms with Gasteiger partial charge in [-0.25, -0.2) is 0 Å². The van der Waals surface area contributed by atoms with Crippen molar-refractivity contribution in [2.45, 2.75) is 12.5 Å². The molecule has 58 valence electrons. The van der Waals surface area contributed by atoms with E-state index in [1.54, 1.807) is 6.07 Å². The van der Waals surface area contributed by atoms with E-state index >= 15 is 0 Å². The molecule has 0 saturated heterocycles. The van der Waals surface area contributed by atoms with E-state index in [1.807, 2.05) is 11.4 Å². The Morgan fingerprint density at radius 3 is 3.00 bits per heavy atom.